The van der Waals surface area contributed by atoms with Gasteiger partial charge in [0.1, 0.15) is 5.15 Å². The monoisotopic (exact) mass is 275 g/mol. The van der Waals surface area contributed by atoms with Crippen molar-refractivity contribution in [3.63, 3.8) is 0 Å². The fourth-order valence-electron chi connectivity index (χ4n) is 2.33. The molecule has 0 saturated heterocycles. The summed E-state index contributed by atoms with van der Waals surface area (Å²) < 4.78 is 0. The maximum Gasteiger partial charge on any atom is 0.129 e. The first kappa shape index (κ1) is 12.1. The van der Waals surface area contributed by atoms with Gasteiger partial charge in [-0.05, 0) is 54.7 Å². The lowest BCUT2D eigenvalue weighted by molar-refractivity contribution is 0.911. The topological polar surface area (TPSA) is 12.9 Å². The summed E-state index contributed by atoms with van der Waals surface area (Å²) in [7, 11) is 0. The molecule has 0 N–H and O–H groups in total. The number of hydrogen-bond acceptors (Lipinski definition) is 2. The molecule has 1 nitrogen and oxygen atoms in total. The molecule has 0 aliphatic heterocycles. The number of nitrogens with zero attached hydrogens (tertiary/aromatic N) is 1. The van der Waals surface area contributed by atoms with Gasteiger partial charge in [-0.3, -0.25) is 0 Å². The number of aromatic nitrogens is 1. The molecular formula is C15H14ClNS. The quantitative estimate of drug-likeness (QED) is 0.604. The van der Waals surface area contributed by atoms with Crippen molar-refractivity contribution in [3.05, 3.63) is 58.4 Å². The third-order valence-electron chi connectivity index (χ3n) is 3.23. The van der Waals surface area contributed by atoms with Gasteiger partial charge in [-0.1, -0.05) is 23.7 Å². The minimum Gasteiger partial charge on any atom is -0.240 e. The summed E-state index contributed by atoms with van der Waals surface area (Å²) in [5.41, 5.74) is 4.09. The molecule has 1 heterocycles. The molecule has 0 saturated carbocycles. The fraction of sp³-hybridized carbons (Fsp3) is 0.267. The molecule has 1 aromatic carbocycles. The van der Waals surface area contributed by atoms with E-state index >= 15 is 0 Å². The lowest BCUT2D eigenvalue weighted by Crippen LogP contribution is -1.87. The third-order valence-corrected chi connectivity index (χ3v) is 4.47. The molecule has 0 amide bonds. The van der Waals surface area contributed by atoms with Crippen LogP contribution in [0.2, 0.25) is 5.15 Å². The maximum atomic E-state index is 5.88. The second-order valence-corrected chi connectivity index (χ2v) is 5.96. The lowest BCUT2D eigenvalue weighted by atomic mass is 10.1. The Morgan fingerprint density at radius 2 is 2.00 bits per heavy atom. The highest BCUT2D eigenvalue weighted by Gasteiger charge is 2.10. The largest absolute Gasteiger partial charge is 0.240 e. The average Bonchev–Trinajstić information content (AvgIpc) is 2.84. The van der Waals surface area contributed by atoms with E-state index in [0.717, 1.165) is 11.4 Å². The first-order valence-electron chi connectivity index (χ1n) is 6.17. The highest BCUT2D eigenvalue weighted by Crippen LogP contribution is 2.29. The molecule has 0 spiro atoms. The van der Waals surface area contributed by atoms with Crippen molar-refractivity contribution in [2.45, 2.75) is 29.9 Å². The van der Waals surface area contributed by atoms with Crippen molar-refractivity contribution in [3.8, 4) is 0 Å². The smallest absolute Gasteiger partial charge is 0.129 e. The van der Waals surface area contributed by atoms with E-state index in [4.69, 9.17) is 11.6 Å². The van der Waals surface area contributed by atoms with Gasteiger partial charge in [-0.2, -0.15) is 0 Å². The molecule has 1 aliphatic rings. The Kier molecular flexibility index (Phi) is 3.57. The van der Waals surface area contributed by atoms with Crippen LogP contribution in [0.1, 0.15) is 23.2 Å². The van der Waals surface area contributed by atoms with E-state index in [-0.39, 0.29) is 0 Å². The van der Waals surface area contributed by atoms with E-state index in [9.17, 15) is 0 Å². The van der Waals surface area contributed by atoms with Gasteiger partial charge in [0, 0.05) is 10.6 Å². The Labute approximate surface area is 117 Å². The maximum absolute atomic E-state index is 5.88. The second kappa shape index (κ2) is 5.33. The van der Waals surface area contributed by atoms with Gasteiger partial charge in [0.15, 0.2) is 0 Å². The number of pyridine rings is 1. The Balaban J connectivity index is 1.70. The molecular weight excluding hydrogens is 262 g/mol. The van der Waals surface area contributed by atoms with E-state index < -0.39 is 0 Å². The summed E-state index contributed by atoms with van der Waals surface area (Å²) in [6.07, 6.45) is 3.79. The summed E-state index contributed by atoms with van der Waals surface area (Å²) in [5.74, 6) is 0.874. The highest BCUT2D eigenvalue weighted by atomic mass is 35.5. The summed E-state index contributed by atoms with van der Waals surface area (Å²) >= 11 is 7.71. The molecule has 92 valence electrons. The number of hydrogen-bond donors (Lipinski definition) is 0. The molecule has 3 heteroatoms. The van der Waals surface area contributed by atoms with Crippen LogP contribution >= 0.6 is 23.4 Å². The molecule has 1 aromatic heterocycles. The van der Waals surface area contributed by atoms with E-state index in [2.05, 4.69) is 23.2 Å². The third kappa shape index (κ3) is 2.70. The average molecular weight is 276 g/mol. The zero-order chi connectivity index (χ0) is 12.4. The first-order chi connectivity index (χ1) is 8.81. The van der Waals surface area contributed by atoms with Crippen LogP contribution in [0.4, 0.5) is 0 Å². The lowest BCUT2D eigenvalue weighted by Gasteiger charge is -2.05. The van der Waals surface area contributed by atoms with Crippen LogP contribution in [-0.4, -0.2) is 4.98 Å². The molecule has 0 unspecified atom stereocenters. The fourth-order valence-corrected chi connectivity index (χ4v) is 3.37. The van der Waals surface area contributed by atoms with Crippen molar-refractivity contribution in [2.75, 3.05) is 0 Å². The molecule has 0 atom stereocenters. The van der Waals surface area contributed by atoms with Crippen molar-refractivity contribution in [1.82, 2.24) is 4.98 Å². The van der Waals surface area contributed by atoms with Crippen LogP contribution in [0, 0.1) is 0 Å². The molecule has 18 heavy (non-hydrogen) atoms. The predicted octanol–water partition coefficient (Wildman–Crippen LogP) is 4.52. The summed E-state index contributed by atoms with van der Waals surface area (Å²) in [4.78, 5) is 5.64. The Hall–Kier alpha value is -0.990. The summed E-state index contributed by atoms with van der Waals surface area (Å²) in [6, 6.07) is 12.6. The molecule has 2 aromatic rings. The van der Waals surface area contributed by atoms with Gasteiger partial charge in [0.05, 0.1) is 5.69 Å². The number of rotatable bonds is 3. The number of fused-ring (bicyclic) bond motifs is 1. The molecule has 0 bridgehead atoms. The standard InChI is InChI=1S/C15H14ClNS/c16-15-6-2-5-13(17-15)10-18-14-8-7-11-3-1-4-12(11)9-14/h2,5-9H,1,3-4,10H2. The van der Waals surface area contributed by atoms with E-state index in [0.29, 0.717) is 5.15 Å². The molecule has 1 aliphatic carbocycles. The summed E-state index contributed by atoms with van der Waals surface area (Å²) in [6.45, 7) is 0. The number of benzene rings is 1. The first-order valence-corrected chi connectivity index (χ1v) is 7.54. The normalized spacial score (nSPS) is 13.6. The van der Waals surface area contributed by atoms with Crippen molar-refractivity contribution >= 4 is 23.4 Å². The van der Waals surface area contributed by atoms with Crippen LogP contribution in [-0.2, 0) is 18.6 Å². The Morgan fingerprint density at radius 3 is 2.89 bits per heavy atom. The van der Waals surface area contributed by atoms with E-state index in [1.165, 1.54) is 35.3 Å². The van der Waals surface area contributed by atoms with Gasteiger partial charge in [0.2, 0.25) is 0 Å². The van der Waals surface area contributed by atoms with E-state index in [1.54, 1.807) is 0 Å². The minimum atomic E-state index is 0.571. The van der Waals surface area contributed by atoms with Gasteiger partial charge >= 0.3 is 0 Å². The van der Waals surface area contributed by atoms with Crippen molar-refractivity contribution in [1.29, 1.82) is 0 Å². The van der Waals surface area contributed by atoms with Crippen LogP contribution in [0.5, 0.6) is 0 Å². The SMILES string of the molecule is Clc1cccc(CSc2ccc3c(c2)CCC3)n1. The van der Waals surface area contributed by atoms with Crippen molar-refractivity contribution < 1.29 is 0 Å². The van der Waals surface area contributed by atoms with Gasteiger partial charge in [-0.25, -0.2) is 4.98 Å². The Morgan fingerprint density at radius 1 is 1.11 bits per heavy atom. The van der Waals surface area contributed by atoms with Gasteiger partial charge in [0.25, 0.3) is 0 Å². The highest BCUT2D eigenvalue weighted by molar-refractivity contribution is 7.98. The molecule has 0 radical (unpaired) electrons. The van der Waals surface area contributed by atoms with Crippen molar-refractivity contribution in [2.24, 2.45) is 0 Å². The Bertz CT molecular complexity index is 568. The van der Waals surface area contributed by atoms with Gasteiger partial charge in [-0.15, -0.1) is 11.8 Å². The number of aryl methyl sites for hydroxylation is 2. The predicted molar refractivity (Wildman–Crippen MR) is 77.3 cm³/mol. The zero-order valence-corrected chi connectivity index (χ0v) is 11.6. The van der Waals surface area contributed by atoms with E-state index in [1.807, 2.05) is 30.0 Å². The van der Waals surface area contributed by atoms with Crippen LogP contribution in [0.15, 0.2) is 41.3 Å². The second-order valence-electron chi connectivity index (χ2n) is 4.52. The van der Waals surface area contributed by atoms with Crippen LogP contribution < -0.4 is 0 Å². The van der Waals surface area contributed by atoms with Gasteiger partial charge < -0.3 is 0 Å². The molecule has 3 rings (SSSR count). The minimum absolute atomic E-state index is 0.571. The number of thioether (sulfide) groups is 1. The zero-order valence-electron chi connectivity index (χ0n) is 10.0. The summed E-state index contributed by atoms with van der Waals surface area (Å²) in [5, 5.41) is 0.571. The number of halogens is 1. The van der Waals surface area contributed by atoms with Crippen LogP contribution in [0.3, 0.4) is 0 Å². The van der Waals surface area contributed by atoms with Crippen LogP contribution in [0.25, 0.3) is 0 Å². The molecule has 0 fully saturated rings.